The van der Waals surface area contributed by atoms with E-state index in [-0.39, 0.29) is 12.1 Å². The van der Waals surface area contributed by atoms with E-state index in [0.29, 0.717) is 31.3 Å². The predicted molar refractivity (Wildman–Crippen MR) is 69.4 cm³/mol. The summed E-state index contributed by atoms with van der Waals surface area (Å²) in [6.07, 6.45) is -4.61. The maximum Gasteiger partial charge on any atom is 0.416 e. The summed E-state index contributed by atoms with van der Waals surface area (Å²) < 4.78 is 51.8. The molecule has 0 bridgehead atoms. The summed E-state index contributed by atoms with van der Waals surface area (Å²) in [6, 6.07) is 1.68. The van der Waals surface area contributed by atoms with Gasteiger partial charge in [0.05, 0.1) is 11.1 Å². The minimum absolute atomic E-state index is 0.00319. The lowest BCUT2D eigenvalue weighted by Crippen LogP contribution is -2.57. The number of carbonyl (C=O) groups is 1. The predicted octanol–water partition coefficient (Wildman–Crippen LogP) is 2.67. The average Bonchev–Trinajstić information content (AvgIpc) is 2.40. The molecule has 2 rings (SSSR count). The second-order valence-electron chi connectivity index (χ2n) is 5.17. The van der Waals surface area contributed by atoms with Crippen molar-refractivity contribution in [1.29, 1.82) is 0 Å². The van der Waals surface area contributed by atoms with Crippen LogP contribution in [0.3, 0.4) is 0 Å². The van der Waals surface area contributed by atoms with Crippen LogP contribution in [-0.4, -0.2) is 36.0 Å². The number of hydrogen-bond donors (Lipinski definition) is 1. The van der Waals surface area contributed by atoms with Crippen LogP contribution >= 0.6 is 0 Å². The molecule has 2 unspecified atom stereocenters. The smallest absolute Gasteiger partial charge is 0.333 e. The lowest BCUT2D eigenvalue weighted by Gasteiger charge is -2.38. The Balaban J connectivity index is 2.34. The molecule has 1 aliphatic rings. The van der Waals surface area contributed by atoms with E-state index in [4.69, 9.17) is 0 Å². The minimum atomic E-state index is -4.61. The Labute approximate surface area is 119 Å². The van der Waals surface area contributed by atoms with Gasteiger partial charge in [-0.1, -0.05) is 0 Å². The third-order valence-electron chi connectivity index (χ3n) is 3.82. The Bertz CT molecular complexity index is 544. The number of halogens is 4. The van der Waals surface area contributed by atoms with Crippen molar-refractivity contribution in [3.8, 4) is 0 Å². The lowest BCUT2D eigenvalue weighted by atomic mass is 10.0. The molecule has 116 valence electrons. The molecule has 7 heteroatoms. The van der Waals surface area contributed by atoms with Crippen LogP contribution in [0.25, 0.3) is 0 Å². The summed E-state index contributed by atoms with van der Waals surface area (Å²) in [5.41, 5.74) is -1.56. The van der Waals surface area contributed by atoms with E-state index in [9.17, 15) is 22.4 Å². The molecule has 0 radical (unpaired) electrons. The Morgan fingerprint density at radius 3 is 2.62 bits per heavy atom. The van der Waals surface area contributed by atoms with Crippen LogP contribution in [0, 0.1) is 5.82 Å². The maximum absolute atomic E-state index is 13.8. The van der Waals surface area contributed by atoms with E-state index in [1.165, 1.54) is 4.90 Å². The molecular formula is C14H16F4N2O. The second-order valence-corrected chi connectivity index (χ2v) is 5.17. The molecule has 0 saturated carbocycles. The third kappa shape index (κ3) is 3.18. The van der Waals surface area contributed by atoms with Gasteiger partial charge in [0.1, 0.15) is 5.82 Å². The van der Waals surface area contributed by atoms with E-state index < -0.39 is 29.0 Å². The van der Waals surface area contributed by atoms with Crippen LogP contribution in [0.2, 0.25) is 0 Å². The first-order valence-corrected chi connectivity index (χ1v) is 6.63. The van der Waals surface area contributed by atoms with Gasteiger partial charge in [0.25, 0.3) is 5.91 Å². The van der Waals surface area contributed by atoms with Crippen molar-refractivity contribution < 1.29 is 22.4 Å². The number of amides is 1. The first-order valence-electron chi connectivity index (χ1n) is 6.63. The normalized spacial score (nSPS) is 23.2. The second kappa shape index (κ2) is 5.63. The van der Waals surface area contributed by atoms with Crippen molar-refractivity contribution in [2.24, 2.45) is 0 Å². The number of nitrogens with zero attached hydrogens (tertiary/aromatic N) is 1. The number of nitrogens with one attached hydrogen (secondary N) is 1. The number of piperazine rings is 1. The Morgan fingerprint density at radius 1 is 1.33 bits per heavy atom. The van der Waals surface area contributed by atoms with Gasteiger partial charge in [0.2, 0.25) is 0 Å². The van der Waals surface area contributed by atoms with Crippen molar-refractivity contribution in [1.82, 2.24) is 10.2 Å². The van der Waals surface area contributed by atoms with Crippen LogP contribution in [0.4, 0.5) is 17.6 Å². The highest BCUT2D eigenvalue weighted by molar-refractivity contribution is 5.95. The quantitative estimate of drug-likeness (QED) is 0.809. The number of hydrogen-bond acceptors (Lipinski definition) is 2. The molecule has 1 aliphatic heterocycles. The van der Waals surface area contributed by atoms with Crippen molar-refractivity contribution in [3.63, 3.8) is 0 Å². The third-order valence-corrected chi connectivity index (χ3v) is 3.82. The molecule has 0 aliphatic carbocycles. The summed E-state index contributed by atoms with van der Waals surface area (Å²) in [6.45, 7) is 4.50. The lowest BCUT2D eigenvalue weighted by molar-refractivity contribution is -0.137. The largest absolute Gasteiger partial charge is 0.416 e. The number of rotatable bonds is 1. The summed E-state index contributed by atoms with van der Waals surface area (Å²) in [4.78, 5) is 13.7. The first-order chi connectivity index (χ1) is 9.71. The molecule has 2 atom stereocenters. The molecule has 1 N–H and O–H groups in total. The molecule has 21 heavy (non-hydrogen) atoms. The fourth-order valence-corrected chi connectivity index (χ4v) is 2.36. The zero-order valence-corrected chi connectivity index (χ0v) is 11.7. The fraction of sp³-hybridized carbons (Fsp3) is 0.500. The van der Waals surface area contributed by atoms with Crippen LogP contribution in [0.1, 0.15) is 29.8 Å². The molecule has 1 aromatic carbocycles. The number of carbonyl (C=O) groups excluding carboxylic acids is 1. The van der Waals surface area contributed by atoms with Gasteiger partial charge in [0.15, 0.2) is 0 Å². The molecular weight excluding hydrogens is 288 g/mol. The van der Waals surface area contributed by atoms with Gasteiger partial charge in [-0.15, -0.1) is 0 Å². The molecule has 1 heterocycles. The molecule has 0 aromatic heterocycles. The zero-order chi connectivity index (χ0) is 15.8. The first kappa shape index (κ1) is 15.8. The highest BCUT2D eigenvalue weighted by Gasteiger charge is 2.34. The molecule has 3 nitrogen and oxygen atoms in total. The highest BCUT2D eigenvalue weighted by atomic mass is 19.4. The minimum Gasteiger partial charge on any atom is -0.333 e. The van der Waals surface area contributed by atoms with Crippen LogP contribution in [0.5, 0.6) is 0 Å². The van der Waals surface area contributed by atoms with Crippen molar-refractivity contribution in [2.45, 2.75) is 32.1 Å². The van der Waals surface area contributed by atoms with E-state index in [1.807, 2.05) is 6.92 Å². The summed E-state index contributed by atoms with van der Waals surface area (Å²) in [5.74, 6) is -1.65. The topological polar surface area (TPSA) is 32.3 Å². The maximum atomic E-state index is 13.8. The summed E-state index contributed by atoms with van der Waals surface area (Å²) in [7, 11) is 0. The van der Waals surface area contributed by atoms with Crippen molar-refractivity contribution >= 4 is 5.91 Å². The van der Waals surface area contributed by atoms with Crippen LogP contribution in [-0.2, 0) is 6.18 Å². The van der Waals surface area contributed by atoms with Gasteiger partial charge in [0, 0.05) is 25.2 Å². The summed E-state index contributed by atoms with van der Waals surface area (Å²) in [5, 5.41) is 3.15. The van der Waals surface area contributed by atoms with Gasteiger partial charge in [-0.2, -0.15) is 13.2 Å². The van der Waals surface area contributed by atoms with Crippen LogP contribution < -0.4 is 5.32 Å². The number of alkyl halides is 3. The van der Waals surface area contributed by atoms with Crippen molar-refractivity contribution in [3.05, 3.63) is 35.1 Å². The van der Waals surface area contributed by atoms with E-state index in [0.717, 1.165) is 0 Å². The number of benzene rings is 1. The average molecular weight is 304 g/mol. The highest BCUT2D eigenvalue weighted by Crippen LogP contribution is 2.31. The molecule has 1 saturated heterocycles. The Hall–Kier alpha value is -1.63. The molecule has 1 aromatic rings. The zero-order valence-electron chi connectivity index (χ0n) is 11.7. The van der Waals surface area contributed by atoms with E-state index >= 15 is 0 Å². The Morgan fingerprint density at radius 2 is 2.00 bits per heavy atom. The van der Waals surface area contributed by atoms with E-state index in [2.05, 4.69) is 5.32 Å². The van der Waals surface area contributed by atoms with Crippen LogP contribution in [0.15, 0.2) is 18.2 Å². The van der Waals surface area contributed by atoms with E-state index in [1.54, 1.807) is 6.92 Å². The fourth-order valence-electron chi connectivity index (χ4n) is 2.36. The molecule has 0 spiro atoms. The van der Waals surface area contributed by atoms with Gasteiger partial charge >= 0.3 is 6.18 Å². The van der Waals surface area contributed by atoms with Gasteiger partial charge in [-0.25, -0.2) is 4.39 Å². The van der Waals surface area contributed by atoms with Gasteiger partial charge < -0.3 is 10.2 Å². The standard InChI is InChI=1S/C14H16F4N2O/c1-8-9(2)20(6-5-19-8)13(21)11-7-10(14(16,17)18)3-4-12(11)15/h3-4,7-9,19H,5-6H2,1-2H3. The SMILES string of the molecule is CC1NCCN(C(=O)c2cc(C(F)(F)F)ccc2F)C1C. The van der Waals surface area contributed by atoms with Gasteiger partial charge in [-0.3, -0.25) is 4.79 Å². The Kier molecular flexibility index (Phi) is 4.22. The van der Waals surface area contributed by atoms with Gasteiger partial charge in [-0.05, 0) is 32.0 Å². The monoisotopic (exact) mass is 304 g/mol. The summed E-state index contributed by atoms with van der Waals surface area (Å²) >= 11 is 0. The molecule has 1 fully saturated rings. The molecule has 1 amide bonds. The van der Waals surface area contributed by atoms with Crippen molar-refractivity contribution in [2.75, 3.05) is 13.1 Å².